The van der Waals surface area contributed by atoms with Crippen LogP contribution in [-0.4, -0.2) is 13.2 Å². The van der Waals surface area contributed by atoms with Gasteiger partial charge in [0, 0.05) is 5.56 Å². The van der Waals surface area contributed by atoms with Gasteiger partial charge in [-0.2, -0.15) is 0 Å². The van der Waals surface area contributed by atoms with Gasteiger partial charge in [-0.1, -0.05) is 36.9 Å². The normalized spacial score (nSPS) is 9.62. The Bertz CT molecular complexity index is 256. The Morgan fingerprint density at radius 3 is 2.62 bits per heavy atom. The van der Waals surface area contributed by atoms with Gasteiger partial charge in [-0.15, -0.1) is 0 Å². The highest BCUT2D eigenvalue weighted by Crippen LogP contribution is 2.12. The van der Waals surface area contributed by atoms with Gasteiger partial charge in [-0.05, 0) is 13.0 Å². The van der Waals surface area contributed by atoms with Crippen molar-refractivity contribution in [2.75, 3.05) is 13.2 Å². The molecule has 1 aromatic carbocycles. The van der Waals surface area contributed by atoms with E-state index in [4.69, 9.17) is 10.5 Å². The first-order valence-electron chi connectivity index (χ1n) is 4.42. The summed E-state index contributed by atoms with van der Waals surface area (Å²) in [7, 11) is 0. The Balaban J connectivity index is 2.40. The summed E-state index contributed by atoms with van der Waals surface area (Å²) in [6.07, 6.45) is 0.867. The summed E-state index contributed by atoms with van der Waals surface area (Å²) in [5, 5.41) is 0. The van der Waals surface area contributed by atoms with Crippen molar-refractivity contribution in [2.45, 2.75) is 6.42 Å². The van der Waals surface area contributed by atoms with E-state index in [0.717, 1.165) is 12.0 Å². The summed E-state index contributed by atoms with van der Waals surface area (Å²) < 4.78 is 5.39. The zero-order valence-corrected chi connectivity index (χ0v) is 7.70. The predicted molar refractivity (Wildman–Crippen MR) is 55.1 cm³/mol. The standard InChI is InChI=1S/C11H15NO/c1-10(13-9-5-8-12)11-6-3-2-4-7-11/h2-4,6-7H,1,5,8-9,12H2. The van der Waals surface area contributed by atoms with Crippen LogP contribution in [0.1, 0.15) is 12.0 Å². The lowest BCUT2D eigenvalue weighted by molar-refractivity contribution is 0.274. The van der Waals surface area contributed by atoms with Crippen LogP contribution in [0.5, 0.6) is 0 Å². The fourth-order valence-corrected chi connectivity index (χ4v) is 0.986. The van der Waals surface area contributed by atoms with Gasteiger partial charge in [-0.25, -0.2) is 0 Å². The summed E-state index contributed by atoms with van der Waals surface area (Å²) in [6.45, 7) is 5.13. The Labute approximate surface area is 79.0 Å². The second kappa shape index (κ2) is 5.38. The highest BCUT2D eigenvalue weighted by Gasteiger charge is 1.96. The van der Waals surface area contributed by atoms with Crippen molar-refractivity contribution < 1.29 is 4.74 Å². The van der Waals surface area contributed by atoms with Gasteiger partial charge in [0.25, 0.3) is 0 Å². The monoisotopic (exact) mass is 177 g/mol. The average Bonchev–Trinajstić information content (AvgIpc) is 2.19. The van der Waals surface area contributed by atoms with E-state index in [2.05, 4.69) is 6.58 Å². The van der Waals surface area contributed by atoms with Crippen LogP contribution in [0.25, 0.3) is 5.76 Å². The molecule has 70 valence electrons. The highest BCUT2D eigenvalue weighted by molar-refractivity contribution is 5.56. The zero-order valence-electron chi connectivity index (χ0n) is 7.70. The lowest BCUT2D eigenvalue weighted by atomic mass is 10.2. The van der Waals surface area contributed by atoms with Crippen LogP contribution in [0.2, 0.25) is 0 Å². The molecular weight excluding hydrogens is 162 g/mol. The summed E-state index contributed by atoms with van der Waals surface area (Å²) >= 11 is 0. The fourth-order valence-electron chi connectivity index (χ4n) is 0.986. The van der Waals surface area contributed by atoms with Crippen molar-refractivity contribution in [3.05, 3.63) is 42.5 Å². The molecule has 2 heteroatoms. The molecule has 0 heterocycles. The third-order valence-electron chi connectivity index (χ3n) is 1.72. The zero-order chi connectivity index (χ0) is 9.52. The minimum atomic E-state index is 0.643. The first kappa shape index (κ1) is 9.81. The third-order valence-corrected chi connectivity index (χ3v) is 1.72. The van der Waals surface area contributed by atoms with Gasteiger partial charge in [0.1, 0.15) is 5.76 Å². The molecule has 0 saturated carbocycles. The molecule has 0 atom stereocenters. The molecular formula is C11H15NO. The maximum atomic E-state index is 5.39. The second-order valence-electron chi connectivity index (χ2n) is 2.78. The van der Waals surface area contributed by atoms with Gasteiger partial charge in [0.2, 0.25) is 0 Å². The van der Waals surface area contributed by atoms with E-state index >= 15 is 0 Å². The SMILES string of the molecule is C=C(OCCCN)c1ccccc1. The Morgan fingerprint density at radius 1 is 1.31 bits per heavy atom. The molecule has 0 aliphatic rings. The van der Waals surface area contributed by atoms with E-state index in [-0.39, 0.29) is 0 Å². The lowest BCUT2D eigenvalue weighted by Gasteiger charge is -2.07. The van der Waals surface area contributed by atoms with Crippen molar-refractivity contribution in [1.82, 2.24) is 0 Å². The van der Waals surface area contributed by atoms with Crippen molar-refractivity contribution in [3.8, 4) is 0 Å². The van der Waals surface area contributed by atoms with Crippen molar-refractivity contribution in [2.24, 2.45) is 5.73 Å². The predicted octanol–water partition coefficient (Wildman–Crippen LogP) is 2.02. The van der Waals surface area contributed by atoms with Gasteiger partial charge in [-0.3, -0.25) is 0 Å². The topological polar surface area (TPSA) is 35.2 Å². The van der Waals surface area contributed by atoms with Crippen LogP contribution in [0.15, 0.2) is 36.9 Å². The Hall–Kier alpha value is -1.28. The summed E-state index contributed by atoms with van der Waals surface area (Å²) in [4.78, 5) is 0. The molecule has 0 radical (unpaired) electrons. The minimum absolute atomic E-state index is 0.643. The molecule has 1 aromatic rings. The molecule has 1 rings (SSSR count). The molecule has 0 aromatic heterocycles. The van der Waals surface area contributed by atoms with Crippen LogP contribution >= 0.6 is 0 Å². The number of ether oxygens (including phenoxy) is 1. The van der Waals surface area contributed by atoms with E-state index in [9.17, 15) is 0 Å². The molecule has 2 N–H and O–H groups in total. The lowest BCUT2D eigenvalue weighted by Crippen LogP contribution is -2.03. The largest absolute Gasteiger partial charge is 0.494 e. The molecule has 13 heavy (non-hydrogen) atoms. The van der Waals surface area contributed by atoms with E-state index in [1.165, 1.54) is 0 Å². The fraction of sp³-hybridized carbons (Fsp3) is 0.273. The van der Waals surface area contributed by atoms with Crippen LogP contribution < -0.4 is 5.73 Å². The molecule has 0 bridgehead atoms. The molecule has 2 nitrogen and oxygen atoms in total. The number of nitrogens with two attached hydrogens (primary N) is 1. The number of hydrogen-bond donors (Lipinski definition) is 1. The van der Waals surface area contributed by atoms with E-state index in [1.54, 1.807) is 0 Å². The van der Waals surface area contributed by atoms with Crippen LogP contribution in [0, 0.1) is 0 Å². The molecule has 0 aliphatic heterocycles. The molecule has 0 spiro atoms. The van der Waals surface area contributed by atoms with Crippen LogP contribution in [0.3, 0.4) is 0 Å². The van der Waals surface area contributed by atoms with Gasteiger partial charge < -0.3 is 10.5 Å². The number of hydrogen-bond acceptors (Lipinski definition) is 2. The maximum Gasteiger partial charge on any atom is 0.119 e. The second-order valence-corrected chi connectivity index (χ2v) is 2.78. The van der Waals surface area contributed by atoms with E-state index in [1.807, 2.05) is 30.3 Å². The summed E-state index contributed by atoms with van der Waals surface area (Å²) in [6, 6.07) is 9.85. The van der Waals surface area contributed by atoms with Crippen molar-refractivity contribution in [1.29, 1.82) is 0 Å². The first-order valence-corrected chi connectivity index (χ1v) is 4.42. The molecule has 0 unspecified atom stereocenters. The van der Waals surface area contributed by atoms with Gasteiger partial charge >= 0.3 is 0 Å². The van der Waals surface area contributed by atoms with Gasteiger partial charge in [0.15, 0.2) is 0 Å². The molecule has 0 fully saturated rings. The quantitative estimate of drug-likeness (QED) is 0.551. The number of benzene rings is 1. The molecule has 0 saturated heterocycles. The Morgan fingerprint density at radius 2 is 2.00 bits per heavy atom. The van der Waals surface area contributed by atoms with Crippen molar-refractivity contribution in [3.63, 3.8) is 0 Å². The van der Waals surface area contributed by atoms with Crippen molar-refractivity contribution >= 4 is 5.76 Å². The Kier molecular flexibility index (Phi) is 4.06. The summed E-state index contributed by atoms with van der Waals surface area (Å²) in [5.74, 6) is 0.717. The third kappa shape index (κ3) is 3.30. The minimum Gasteiger partial charge on any atom is -0.494 e. The maximum absolute atomic E-state index is 5.39. The van der Waals surface area contributed by atoms with Crippen LogP contribution in [0.4, 0.5) is 0 Å². The van der Waals surface area contributed by atoms with Crippen LogP contribution in [-0.2, 0) is 4.74 Å². The number of rotatable bonds is 5. The van der Waals surface area contributed by atoms with E-state index < -0.39 is 0 Å². The first-order chi connectivity index (χ1) is 6.34. The molecule has 0 amide bonds. The molecule has 0 aliphatic carbocycles. The van der Waals surface area contributed by atoms with Gasteiger partial charge in [0.05, 0.1) is 6.61 Å². The highest BCUT2D eigenvalue weighted by atomic mass is 16.5. The average molecular weight is 177 g/mol. The smallest absolute Gasteiger partial charge is 0.119 e. The van der Waals surface area contributed by atoms with E-state index in [0.29, 0.717) is 18.9 Å². The summed E-state index contributed by atoms with van der Waals surface area (Å²) in [5.41, 5.74) is 6.37.